The number of ketones is 1. The second-order valence-corrected chi connectivity index (χ2v) is 3.68. The van der Waals surface area contributed by atoms with Gasteiger partial charge in [-0.25, -0.2) is 0 Å². The van der Waals surface area contributed by atoms with E-state index in [1.165, 1.54) is 0 Å². The number of alkyl halides is 1. The van der Waals surface area contributed by atoms with Gasteiger partial charge in [0.05, 0.1) is 26.4 Å². The number of rotatable bonds is 3. The molecule has 0 saturated heterocycles. The molecule has 7 heteroatoms. The Hall–Kier alpha value is -0.840. The van der Waals surface area contributed by atoms with Gasteiger partial charge in [0.2, 0.25) is 0 Å². The van der Waals surface area contributed by atoms with Gasteiger partial charge in [-0.15, -0.1) is 11.6 Å². The molecule has 1 aromatic rings. The van der Waals surface area contributed by atoms with Gasteiger partial charge in [0.1, 0.15) is 0 Å². The van der Waals surface area contributed by atoms with Gasteiger partial charge < -0.3 is 0 Å². The normalized spacial score (nSPS) is 10.1. The van der Waals surface area contributed by atoms with Crippen LogP contribution in [0.2, 0.25) is 10.0 Å². The third kappa shape index (κ3) is 2.59. The number of carbonyl (C=O) groups excluding carboxylic acids is 1. The zero-order valence-electron chi connectivity index (χ0n) is 7.17. The molecule has 0 fully saturated rings. The number of nitrogens with zero attached hydrogens (tertiary/aromatic N) is 1. The SMILES string of the molecule is O=C(CCl)c1cc(Cl)c(Cl)cc1[N+](=O)[O-]. The van der Waals surface area contributed by atoms with Crippen LogP contribution in [0.5, 0.6) is 0 Å². The summed E-state index contributed by atoms with van der Waals surface area (Å²) in [6.45, 7) is 0. The fourth-order valence-electron chi connectivity index (χ4n) is 0.983. The molecule has 1 aromatic carbocycles. The Bertz CT molecular complexity index is 433. The molecule has 0 bridgehead atoms. The Morgan fingerprint density at radius 2 is 1.87 bits per heavy atom. The number of Topliss-reactive ketones (excluding diaryl/α,β-unsaturated/α-hetero) is 1. The van der Waals surface area contributed by atoms with Crippen molar-refractivity contribution in [2.75, 3.05) is 5.88 Å². The van der Waals surface area contributed by atoms with Crippen LogP contribution in [-0.2, 0) is 0 Å². The molecule has 0 saturated carbocycles. The summed E-state index contributed by atoms with van der Waals surface area (Å²) in [4.78, 5) is 21.2. The van der Waals surface area contributed by atoms with E-state index in [-0.39, 0.29) is 21.5 Å². The molecule has 0 heterocycles. The van der Waals surface area contributed by atoms with Gasteiger partial charge in [-0.1, -0.05) is 23.2 Å². The van der Waals surface area contributed by atoms with E-state index in [9.17, 15) is 14.9 Å². The minimum absolute atomic E-state index is 0.0227. The van der Waals surface area contributed by atoms with Crippen LogP contribution in [0.15, 0.2) is 12.1 Å². The molecule has 1 rings (SSSR count). The first-order valence-corrected chi connectivity index (χ1v) is 4.99. The number of carbonyl (C=O) groups is 1. The number of nitro groups is 1. The molecule has 4 nitrogen and oxygen atoms in total. The molecule has 0 aliphatic heterocycles. The van der Waals surface area contributed by atoms with Crippen LogP contribution in [0.1, 0.15) is 10.4 Å². The summed E-state index contributed by atoms with van der Waals surface area (Å²) in [5.74, 6) is -0.916. The zero-order chi connectivity index (χ0) is 11.6. The first-order chi connectivity index (χ1) is 6.97. The quantitative estimate of drug-likeness (QED) is 0.366. The molecule has 0 amide bonds. The molecule has 0 unspecified atom stereocenters. The topological polar surface area (TPSA) is 60.2 Å². The highest BCUT2D eigenvalue weighted by atomic mass is 35.5. The van der Waals surface area contributed by atoms with Gasteiger partial charge in [-0.05, 0) is 6.07 Å². The van der Waals surface area contributed by atoms with E-state index in [0.717, 1.165) is 12.1 Å². The Balaban J connectivity index is 3.41. The summed E-state index contributed by atoms with van der Waals surface area (Å²) >= 11 is 16.5. The predicted molar refractivity (Wildman–Crippen MR) is 58.2 cm³/mol. The van der Waals surface area contributed by atoms with Crippen molar-refractivity contribution >= 4 is 46.3 Å². The monoisotopic (exact) mass is 267 g/mol. The van der Waals surface area contributed by atoms with Crippen molar-refractivity contribution in [1.29, 1.82) is 0 Å². The van der Waals surface area contributed by atoms with Crippen LogP contribution in [0.4, 0.5) is 5.69 Å². The second-order valence-electron chi connectivity index (χ2n) is 2.60. The fraction of sp³-hybridized carbons (Fsp3) is 0.125. The van der Waals surface area contributed by atoms with Crippen LogP contribution in [0, 0.1) is 10.1 Å². The maximum absolute atomic E-state index is 11.3. The molecule has 0 aromatic heterocycles. The number of halogens is 3. The number of hydrogen-bond acceptors (Lipinski definition) is 3. The largest absolute Gasteiger partial charge is 0.293 e. The van der Waals surface area contributed by atoms with Crippen molar-refractivity contribution < 1.29 is 9.72 Å². The van der Waals surface area contributed by atoms with E-state index < -0.39 is 16.4 Å². The summed E-state index contributed by atoms with van der Waals surface area (Å²) in [7, 11) is 0. The van der Waals surface area contributed by atoms with Crippen molar-refractivity contribution in [2.45, 2.75) is 0 Å². The molecular formula is C8H4Cl3NO3. The van der Waals surface area contributed by atoms with Crippen LogP contribution < -0.4 is 0 Å². The van der Waals surface area contributed by atoms with E-state index in [4.69, 9.17) is 34.8 Å². The maximum atomic E-state index is 11.3. The van der Waals surface area contributed by atoms with Gasteiger partial charge in [-0.2, -0.15) is 0 Å². The minimum Gasteiger partial charge on any atom is -0.293 e. The van der Waals surface area contributed by atoms with Crippen molar-refractivity contribution in [3.05, 3.63) is 37.9 Å². The van der Waals surface area contributed by atoms with Gasteiger partial charge in [-0.3, -0.25) is 14.9 Å². The zero-order valence-corrected chi connectivity index (χ0v) is 9.44. The van der Waals surface area contributed by atoms with Crippen LogP contribution >= 0.6 is 34.8 Å². The molecule has 0 N–H and O–H groups in total. The molecule has 80 valence electrons. The van der Waals surface area contributed by atoms with E-state index in [2.05, 4.69) is 0 Å². The summed E-state index contributed by atoms with van der Waals surface area (Å²) in [6, 6.07) is 2.18. The van der Waals surface area contributed by atoms with Gasteiger partial charge in [0.15, 0.2) is 5.78 Å². The Labute approximate surface area is 99.9 Å². The van der Waals surface area contributed by atoms with Crippen molar-refractivity contribution in [1.82, 2.24) is 0 Å². The highest BCUT2D eigenvalue weighted by molar-refractivity contribution is 6.42. The first kappa shape index (κ1) is 12.2. The standard InChI is InChI=1S/C8H4Cl3NO3/c9-3-8(13)4-1-5(10)6(11)2-7(4)12(14)15/h1-2H,3H2. The van der Waals surface area contributed by atoms with Gasteiger partial charge >= 0.3 is 0 Å². The first-order valence-electron chi connectivity index (χ1n) is 3.70. The maximum Gasteiger partial charge on any atom is 0.281 e. The highest BCUT2D eigenvalue weighted by Gasteiger charge is 2.21. The smallest absolute Gasteiger partial charge is 0.281 e. The number of hydrogen-bond donors (Lipinski definition) is 0. The third-order valence-corrected chi connectivity index (χ3v) is 2.62. The lowest BCUT2D eigenvalue weighted by Gasteiger charge is -2.02. The fourth-order valence-corrected chi connectivity index (χ4v) is 1.45. The molecule has 0 aliphatic carbocycles. The van der Waals surface area contributed by atoms with Gasteiger partial charge in [0, 0.05) is 6.07 Å². The van der Waals surface area contributed by atoms with E-state index in [1.54, 1.807) is 0 Å². The Morgan fingerprint density at radius 1 is 1.33 bits per heavy atom. The van der Waals surface area contributed by atoms with Crippen LogP contribution in [-0.4, -0.2) is 16.6 Å². The number of nitro benzene ring substituents is 1. The molecule has 0 radical (unpaired) electrons. The number of benzene rings is 1. The van der Waals surface area contributed by atoms with Crippen LogP contribution in [0.25, 0.3) is 0 Å². The van der Waals surface area contributed by atoms with Gasteiger partial charge in [0.25, 0.3) is 5.69 Å². The Morgan fingerprint density at radius 3 is 2.33 bits per heavy atom. The molecule has 0 spiro atoms. The van der Waals surface area contributed by atoms with Crippen molar-refractivity contribution in [3.8, 4) is 0 Å². The lowest BCUT2D eigenvalue weighted by molar-refractivity contribution is -0.385. The summed E-state index contributed by atoms with van der Waals surface area (Å²) in [5, 5.41) is 10.7. The third-order valence-electron chi connectivity index (χ3n) is 1.66. The summed E-state index contributed by atoms with van der Waals surface area (Å²) < 4.78 is 0. The van der Waals surface area contributed by atoms with E-state index >= 15 is 0 Å². The average Bonchev–Trinajstić information content (AvgIpc) is 2.20. The second kappa shape index (κ2) is 4.79. The highest BCUT2D eigenvalue weighted by Crippen LogP contribution is 2.30. The van der Waals surface area contributed by atoms with Crippen LogP contribution in [0.3, 0.4) is 0 Å². The molecule has 0 aliphatic rings. The van der Waals surface area contributed by atoms with E-state index in [1.807, 2.05) is 0 Å². The van der Waals surface area contributed by atoms with E-state index in [0.29, 0.717) is 0 Å². The minimum atomic E-state index is -0.706. The van der Waals surface area contributed by atoms with Crippen molar-refractivity contribution in [3.63, 3.8) is 0 Å². The molecule has 15 heavy (non-hydrogen) atoms. The lowest BCUT2D eigenvalue weighted by Crippen LogP contribution is -2.05. The molecular weight excluding hydrogens is 264 g/mol. The summed E-state index contributed by atoms with van der Waals surface area (Å²) in [5.41, 5.74) is -0.528. The van der Waals surface area contributed by atoms with Crippen molar-refractivity contribution in [2.24, 2.45) is 0 Å². The lowest BCUT2D eigenvalue weighted by atomic mass is 10.1. The summed E-state index contributed by atoms with van der Waals surface area (Å²) in [6.07, 6.45) is 0. The average molecular weight is 268 g/mol. The predicted octanol–water partition coefficient (Wildman–Crippen LogP) is 3.32. The Kier molecular flexibility index (Phi) is 3.90. The molecule has 0 atom stereocenters.